The zero-order valence-corrected chi connectivity index (χ0v) is 12.0. The molecule has 0 saturated heterocycles. The molecule has 2 aromatic rings. The Kier molecular flexibility index (Phi) is 3.58. The van der Waals surface area contributed by atoms with Crippen LogP contribution in [-0.4, -0.2) is 22.9 Å². The zero-order valence-electron chi connectivity index (χ0n) is 11.3. The molecule has 1 atom stereocenters. The first kappa shape index (κ1) is 14.5. The molecule has 0 aliphatic carbocycles. The maximum Gasteiger partial charge on any atom is 0.336 e. The van der Waals surface area contributed by atoms with Crippen LogP contribution in [0.4, 0.5) is 10.1 Å². The van der Waals surface area contributed by atoms with Crippen molar-refractivity contribution in [3.8, 4) is 0 Å². The van der Waals surface area contributed by atoms with E-state index in [1.54, 1.807) is 18.2 Å². The second-order valence-electron chi connectivity index (χ2n) is 5.00. The van der Waals surface area contributed by atoms with Gasteiger partial charge in [0.1, 0.15) is 5.82 Å². The van der Waals surface area contributed by atoms with Crippen molar-refractivity contribution in [3.63, 3.8) is 0 Å². The SMILES string of the molecule is O=C(O)c1cccc2c1C(=O)[C@H](Cc1c(F)cccc1Cl)N2. The van der Waals surface area contributed by atoms with Crippen LogP contribution in [-0.2, 0) is 6.42 Å². The van der Waals surface area contributed by atoms with Crippen LogP contribution in [0, 0.1) is 5.82 Å². The second-order valence-corrected chi connectivity index (χ2v) is 5.41. The highest BCUT2D eigenvalue weighted by molar-refractivity contribution is 6.31. The fraction of sp³-hybridized carbons (Fsp3) is 0.125. The highest BCUT2D eigenvalue weighted by atomic mass is 35.5. The Morgan fingerprint density at radius 3 is 2.68 bits per heavy atom. The summed E-state index contributed by atoms with van der Waals surface area (Å²) in [4.78, 5) is 23.7. The van der Waals surface area contributed by atoms with E-state index >= 15 is 0 Å². The number of ketones is 1. The Balaban J connectivity index is 1.95. The van der Waals surface area contributed by atoms with Gasteiger partial charge in [0.05, 0.1) is 17.2 Å². The summed E-state index contributed by atoms with van der Waals surface area (Å²) in [6.45, 7) is 0. The first-order valence-corrected chi connectivity index (χ1v) is 6.96. The third-order valence-corrected chi connectivity index (χ3v) is 4.01. The van der Waals surface area contributed by atoms with E-state index in [1.165, 1.54) is 18.2 Å². The number of aromatic carboxylic acids is 1. The molecule has 6 heteroatoms. The lowest BCUT2D eigenvalue weighted by Crippen LogP contribution is -2.26. The first-order chi connectivity index (χ1) is 10.5. The molecule has 22 heavy (non-hydrogen) atoms. The molecule has 2 N–H and O–H groups in total. The minimum absolute atomic E-state index is 0.0536. The minimum Gasteiger partial charge on any atom is -0.478 e. The highest BCUT2D eigenvalue weighted by Gasteiger charge is 2.34. The van der Waals surface area contributed by atoms with Crippen molar-refractivity contribution >= 4 is 29.0 Å². The normalized spacial score (nSPS) is 16.3. The molecule has 1 aliphatic rings. The van der Waals surface area contributed by atoms with E-state index in [-0.39, 0.29) is 33.9 Å². The van der Waals surface area contributed by atoms with E-state index in [0.717, 1.165) is 0 Å². The van der Waals surface area contributed by atoms with Gasteiger partial charge < -0.3 is 10.4 Å². The fourth-order valence-corrected chi connectivity index (χ4v) is 2.86. The average Bonchev–Trinajstić information content (AvgIpc) is 2.79. The van der Waals surface area contributed by atoms with Crippen LogP contribution in [0.15, 0.2) is 36.4 Å². The largest absolute Gasteiger partial charge is 0.478 e. The van der Waals surface area contributed by atoms with Crippen LogP contribution >= 0.6 is 11.6 Å². The molecule has 0 saturated carbocycles. The number of fused-ring (bicyclic) bond motifs is 1. The summed E-state index contributed by atoms with van der Waals surface area (Å²) < 4.78 is 13.8. The average molecular weight is 320 g/mol. The molecule has 2 aromatic carbocycles. The van der Waals surface area contributed by atoms with Crippen LogP contribution in [0.5, 0.6) is 0 Å². The Morgan fingerprint density at radius 2 is 2.00 bits per heavy atom. The lowest BCUT2D eigenvalue weighted by molar-refractivity contribution is 0.0692. The summed E-state index contributed by atoms with van der Waals surface area (Å²) in [5.41, 5.74) is 0.756. The van der Waals surface area contributed by atoms with E-state index < -0.39 is 17.8 Å². The van der Waals surface area contributed by atoms with Gasteiger partial charge in [-0.1, -0.05) is 23.7 Å². The number of rotatable bonds is 3. The van der Waals surface area contributed by atoms with Gasteiger partial charge in [-0.2, -0.15) is 0 Å². The number of benzene rings is 2. The minimum atomic E-state index is -1.17. The van der Waals surface area contributed by atoms with Gasteiger partial charge in [-0.15, -0.1) is 0 Å². The van der Waals surface area contributed by atoms with Crippen molar-refractivity contribution in [2.24, 2.45) is 0 Å². The van der Waals surface area contributed by atoms with Gasteiger partial charge in [0, 0.05) is 22.7 Å². The lowest BCUT2D eigenvalue weighted by atomic mass is 9.98. The van der Waals surface area contributed by atoms with Gasteiger partial charge in [0.2, 0.25) is 0 Å². The molecule has 4 nitrogen and oxygen atoms in total. The van der Waals surface area contributed by atoms with E-state index in [0.29, 0.717) is 5.69 Å². The molecule has 3 rings (SSSR count). The van der Waals surface area contributed by atoms with Crippen LogP contribution in [0.3, 0.4) is 0 Å². The molecule has 0 aromatic heterocycles. The smallest absolute Gasteiger partial charge is 0.336 e. The number of halogens is 2. The summed E-state index contributed by atoms with van der Waals surface area (Å²) in [6, 6.07) is 8.14. The lowest BCUT2D eigenvalue weighted by Gasteiger charge is -2.12. The van der Waals surface area contributed by atoms with Crippen molar-refractivity contribution in [2.75, 3.05) is 5.32 Å². The van der Waals surface area contributed by atoms with E-state index in [9.17, 15) is 14.0 Å². The highest BCUT2D eigenvalue weighted by Crippen LogP contribution is 2.32. The van der Waals surface area contributed by atoms with Crippen molar-refractivity contribution in [3.05, 3.63) is 63.9 Å². The molecular weight excluding hydrogens is 309 g/mol. The van der Waals surface area contributed by atoms with E-state index in [4.69, 9.17) is 16.7 Å². The number of carbonyl (C=O) groups is 2. The summed E-state index contributed by atoms with van der Waals surface area (Å²) in [7, 11) is 0. The van der Waals surface area contributed by atoms with Gasteiger partial charge in [-0.05, 0) is 24.3 Å². The van der Waals surface area contributed by atoms with Gasteiger partial charge in [0.25, 0.3) is 0 Å². The number of hydrogen-bond acceptors (Lipinski definition) is 3. The number of nitrogens with one attached hydrogen (secondary N) is 1. The molecule has 0 amide bonds. The van der Waals surface area contributed by atoms with Crippen molar-refractivity contribution in [1.82, 2.24) is 0 Å². The maximum absolute atomic E-state index is 13.8. The van der Waals surface area contributed by atoms with Crippen LogP contribution in [0.2, 0.25) is 5.02 Å². The predicted octanol–water partition coefficient (Wildman–Crippen LogP) is 3.40. The van der Waals surface area contributed by atoms with Gasteiger partial charge in [0.15, 0.2) is 5.78 Å². The quantitative estimate of drug-likeness (QED) is 0.910. The van der Waals surface area contributed by atoms with Crippen molar-refractivity contribution in [1.29, 1.82) is 0 Å². The molecule has 1 heterocycles. The molecular formula is C16H11ClFNO3. The number of carboxylic acids is 1. The summed E-state index contributed by atoms with van der Waals surface area (Å²) in [6.07, 6.45) is 0.0536. The topological polar surface area (TPSA) is 66.4 Å². The Hall–Kier alpha value is -2.40. The number of anilines is 1. The summed E-state index contributed by atoms with van der Waals surface area (Å²) in [5.74, 6) is -2.03. The van der Waals surface area contributed by atoms with Crippen LogP contribution in [0.25, 0.3) is 0 Å². The summed E-state index contributed by atoms with van der Waals surface area (Å²) >= 11 is 5.98. The van der Waals surface area contributed by atoms with Gasteiger partial charge in [-0.25, -0.2) is 9.18 Å². The van der Waals surface area contributed by atoms with Crippen LogP contribution in [0.1, 0.15) is 26.3 Å². The molecule has 0 bridgehead atoms. The number of carboxylic acid groups (broad SMARTS) is 1. The molecule has 0 spiro atoms. The second kappa shape index (κ2) is 5.42. The number of hydrogen-bond donors (Lipinski definition) is 2. The fourth-order valence-electron chi connectivity index (χ4n) is 2.62. The monoisotopic (exact) mass is 319 g/mol. The third kappa shape index (κ3) is 2.33. The molecule has 0 radical (unpaired) electrons. The standard InChI is InChI=1S/C16H11ClFNO3/c17-10-4-2-5-11(18)9(10)7-13-15(20)14-8(16(21)22)3-1-6-12(14)19-13/h1-6,13,19H,7H2,(H,21,22)/t13-/m0/s1. The van der Waals surface area contributed by atoms with Gasteiger partial charge in [-0.3, -0.25) is 4.79 Å². The zero-order chi connectivity index (χ0) is 15.9. The third-order valence-electron chi connectivity index (χ3n) is 3.66. The summed E-state index contributed by atoms with van der Waals surface area (Å²) in [5, 5.41) is 12.4. The Labute approximate surface area is 130 Å². The van der Waals surface area contributed by atoms with E-state index in [2.05, 4.69) is 5.32 Å². The number of carbonyl (C=O) groups excluding carboxylic acids is 1. The molecule has 0 fully saturated rings. The van der Waals surface area contributed by atoms with Crippen molar-refractivity contribution < 1.29 is 19.1 Å². The molecule has 0 unspecified atom stereocenters. The molecule has 1 aliphatic heterocycles. The molecule has 112 valence electrons. The predicted molar refractivity (Wildman–Crippen MR) is 80.3 cm³/mol. The van der Waals surface area contributed by atoms with E-state index in [1.807, 2.05) is 0 Å². The van der Waals surface area contributed by atoms with Gasteiger partial charge >= 0.3 is 5.97 Å². The first-order valence-electron chi connectivity index (χ1n) is 6.59. The van der Waals surface area contributed by atoms with Crippen LogP contribution < -0.4 is 5.32 Å². The Bertz CT molecular complexity index is 771. The number of Topliss-reactive ketones (excluding diaryl/α,β-unsaturated/α-hetero) is 1. The van der Waals surface area contributed by atoms with Crippen molar-refractivity contribution in [2.45, 2.75) is 12.5 Å². The maximum atomic E-state index is 13.8. The Morgan fingerprint density at radius 1 is 1.27 bits per heavy atom.